The SMILES string of the molecule is C/C=N/N/C=C(\C)NC(=O)c1ccccc1P.CC.CC.CCC(C)CCC(C)NC=O.CF. The van der Waals surface area contributed by atoms with Crippen LogP contribution in [0.5, 0.6) is 0 Å². The van der Waals surface area contributed by atoms with Crippen LogP contribution in [0.15, 0.2) is 41.3 Å². The fourth-order valence-corrected chi connectivity index (χ4v) is 2.47. The van der Waals surface area contributed by atoms with Crippen molar-refractivity contribution in [1.29, 1.82) is 0 Å². The number of carbonyl (C=O) groups excluding carboxylic acids is 2. The van der Waals surface area contributed by atoms with Gasteiger partial charge >= 0.3 is 0 Å². The van der Waals surface area contributed by atoms with Crippen molar-refractivity contribution >= 4 is 33.1 Å². The van der Waals surface area contributed by atoms with Crippen LogP contribution in [0.4, 0.5) is 4.39 Å². The normalized spacial score (nSPS) is 11.4. The Kier molecular flexibility index (Phi) is 35.2. The van der Waals surface area contributed by atoms with Gasteiger partial charge in [0, 0.05) is 29.7 Å². The van der Waals surface area contributed by atoms with Crippen molar-refractivity contribution in [2.75, 3.05) is 7.18 Å². The van der Waals surface area contributed by atoms with E-state index >= 15 is 0 Å². The predicted octanol–water partition coefficient (Wildman–Crippen LogP) is 5.96. The summed E-state index contributed by atoms with van der Waals surface area (Å²) in [6, 6.07) is 7.71. The minimum atomic E-state index is -0.133. The first-order valence-corrected chi connectivity index (χ1v) is 12.6. The Morgan fingerprint density at radius 1 is 1.12 bits per heavy atom. The molecule has 6 nitrogen and oxygen atoms in total. The zero-order chi connectivity index (χ0) is 27.4. The monoisotopic (exact) mass is 500 g/mol. The third-order valence-electron chi connectivity index (χ3n) is 4.14. The highest BCUT2D eigenvalue weighted by Gasteiger charge is 2.07. The number of hydrazone groups is 1. The highest BCUT2D eigenvalue weighted by atomic mass is 31.0. The largest absolute Gasteiger partial charge is 0.356 e. The van der Waals surface area contributed by atoms with Crippen LogP contribution in [0.2, 0.25) is 0 Å². The van der Waals surface area contributed by atoms with Crippen LogP contribution in [0.3, 0.4) is 0 Å². The molecule has 0 fully saturated rings. The summed E-state index contributed by atoms with van der Waals surface area (Å²) in [7, 11) is 3.04. The average molecular weight is 501 g/mol. The lowest BCUT2D eigenvalue weighted by Gasteiger charge is -2.12. The molecule has 2 amide bonds. The van der Waals surface area contributed by atoms with Gasteiger partial charge < -0.3 is 10.6 Å². The van der Waals surface area contributed by atoms with E-state index in [1.54, 1.807) is 32.3 Å². The standard InChI is InChI=1S/C12H16N3OP.C9H19NO.2C2H6.CH3F/c1-3-13-14-8-9(2)15-12(16)10-6-4-5-7-11(10)17;1-4-8(2)5-6-9(3)10-7-11;3*1-2/h3-8,14H,17H2,1-2H3,(H,15,16);7-9H,4-6H2,1-3H3,(H,10,11);2*1-2H3;1H3/b9-8+,13-3+;;;;. The molecule has 0 spiro atoms. The van der Waals surface area contributed by atoms with Crippen LogP contribution in [0.25, 0.3) is 0 Å². The van der Waals surface area contributed by atoms with Gasteiger partial charge in [0.1, 0.15) is 0 Å². The summed E-state index contributed by atoms with van der Waals surface area (Å²) in [4.78, 5) is 21.9. The molecule has 0 bridgehead atoms. The van der Waals surface area contributed by atoms with Crippen LogP contribution in [-0.2, 0) is 4.79 Å². The Hall–Kier alpha value is -2.27. The number of benzene rings is 1. The first-order valence-electron chi connectivity index (χ1n) is 12.0. The molecule has 1 aromatic carbocycles. The maximum Gasteiger partial charge on any atom is 0.256 e. The van der Waals surface area contributed by atoms with Gasteiger partial charge in [0.25, 0.3) is 5.91 Å². The molecule has 0 aliphatic carbocycles. The Labute approximate surface area is 210 Å². The molecule has 34 heavy (non-hydrogen) atoms. The van der Waals surface area contributed by atoms with Gasteiger partial charge in [-0.15, -0.1) is 9.24 Å². The molecule has 0 saturated carbocycles. The van der Waals surface area contributed by atoms with E-state index in [9.17, 15) is 14.0 Å². The van der Waals surface area contributed by atoms with E-state index < -0.39 is 0 Å². The van der Waals surface area contributed by atoms with Crippen LogP contribution in [0.1, 0.15) is 91.9 Å². The highest BCUT2D eigenvalue weighted by Crippen LogP contribution is 2.10. The summed E-state index contributed by atoms with van der Waals surface area (Å²) in [6.07, 6.45) is 7.56. The van der Waals surface area contributed by atoms with Crippen molar-refractivity contribution in [2.45, 2.75) is 87.6 Å². The first kappa shape index (κ1) is 39.0. The number of hydrogen-bond donors (Lipinski definition) is 3. The Morgan fingerprint density at radius 3 is 2.15 bits per heavy atom. The molecule has 0 aromatic heterocycles. The molecule has 0 saturated heterocycles. The van der Waals surface area contributed by atoms with Crippen LogP contribution in [-0.4, -0.2) is 31.8 Å². The summed E-state index contributed by atoms with van der Waals surface area (Å²) in [5.41, 5.74) is 4.04. The van der Waals surface area contributed by atoms with Gasteiger partial charge in [-0.1, -0.05) is 66.2 Å². The summed E-state index contributed by atoms with van der Waals surface area (Å²) in [6.45, 7) is 18.1. The Balaban J connectivity index is -0.000000229. The molecule has 0 aliphatic heterocycles. The minimum Gasteiger partial charge on any atom is -0.356 e. The third-order valence-corrected chi connectivity index (χ3v) is 4.65. The van der Waals surface area contributed by atoms with E-state index in [2.05, 4.69) is 44.2 Å². The molecule has 3 unspecified atom stereocenters. The molecule has 3 atom stereocenters. The van der Waals surface area contributed by atoms with Gasteiger partial charge in [0.15, 0.2) is 0 Å². The Bertz CT molecular complexity index is 655. The summed E-state index contributed by atoms with van der Waals surface area (Å²) in [5, 5.41) is 10.2. The number of hydrogen-bond acceptors (Lipinski definition) is 4. The number of halogens is 1. The molecule has 0 aliphatic rings. The second-order valence-corrected chi connectivity index (χ2v) is 7.28. The van der Waals surface area contributed by atoms with Gasteiger partial charge in [0.05, 0.1) is 7.18 Å². The lowest BCUT2D eigenvalue weighted by molar-refractivity contribution is -0.110. The van der Waals surface area contributed by atoms with Gasteiger partial charge in [-0.3, -0.25) is 19.4 Å². The van der Waals surface area contributed by atoms with Gasteiger partial charge in [0.2, 0.25) is 6.41 Å². The number of allylic oxidation sites excluding steroid dienone is 1. The topological polar surface area (TPSA) is 82.6 Å². The van der Waals surface area contributed by atoms with Crippen molar-refractivity contribution in [3.8, 4) is 0 Å². The fourth-order valence-electron chi connectivity index (χ4n) is 2.13. The van der Waals surface area contributed by atoms with Gasteiger partial charge in [-0.2, -0.15) is 5.10 Å². The number of nitrogens with one attached hydrogen (secondary N) is 3. The van der Waals surface area contributed by atoms with Crippen LogP contribution < -0.4 is 21.4 Å². The lowest BCUT2D eigenvalue weighted by Crippen LogP contribution is -2.25. The number of alkyl halides is 1. The zero-order valence-electron chi connectivity index (χ0n) is 23.0. The first-order chi connectivity index (χ1) is 16.3. The van der Waals surface area contributed by atoms with Crippen molar-refractivity contribution in [3.05, 3.63) is 41.7 Å². The zero-order valence-corrected chi connectivity index (χ0v) is 24.2. The van der Waals surface area contributed by atoms with E-state index in [1.165, 1.54) is 12.8 Å². The van der Waals surface area contributed by atoms with E-state index in [0.717, 1.165) is 24.1 Å². The van der Waals surface area contributed by atoms with Crippen LogP contribution >= 0.6 is 9.24 Å². The summed E-state index contributed by atoms with van der Waals surface area (Å²) >= 11 is 0. The molecular formula is C26H50FN4O2P. The molecule has 1 rings (SSSR count). The van der Waals surface area contributed by atoms with E-state index in [-0.39, 0.29) is 5.91 Å². The van der Waals surface area contributed by atoms with Crippen molar-refractivity contribution < 1.29 is 14.0 Å². The molecular weight excluding hydrogens is 450 g/mol. The second kappa shape index (κ2) is 30.7. The number of rotatable bonds is 10. The minimum absolute atomic E-state index is 0.133. The summed E-state index contributed by atoms with van der Waals surface area (Å²) in [5.74, 6) is 0.650. The van der Waals surface area contributed by atoms with E-state index in [0.29, 0.717) is 24.5 Å². The fraction of sp³-hybridized carbons (Fsp3) is 0.577. The van der Waals surface area contributed by atoms with Crippen molar-refractivity contribution in [1.82, 2.24) is 16.1 Å². The average Bonchev–Trinajstić information content (AvgIpc) is 2.87. The maximum atomic E-state index is 11.9. The lowest BCUT2D eigenvalue weighted by atomic mass is 10.0. The second-order valence-electron chi connectivity index (χ2n) is 6.66. The predicted molar refractivity (Wildman–Crippen MR) is 151 cm³/mol. The van der Waals surface area contributed by atoms with Crippen molar-refractivity contribution in [3.63, 3.8) is 0 Å². The van der Waals surface area contributed by atoms with Gasteiger partial charge in [-0.25, -0.2) is 0 Å². The quantitative estimate of drug-likeness (QED) is 0.160. The molecule has 3 N–H and O–H groups in total. The van der Waals surface area contributed by atoms with E-state index in [1.807, 2.05) is 52.8 Å². The number of nitrogens with zero attached hydrogens (tertiary/aromatic N) is 1. The smallest absolute Gasteiger partial charge is 0.256 e. The molecule has 198 valence electrons. The molecule has 0 radical (unpaired) electrons. The maximum absolute atomic E-state index is 11.9. The number of carbonyl (C=O) groups is 2. The molecule has 0 heterocycles. The third kappa shape index (κ3) is 24.4. The number of amides is 2. The highest BCUT2D eigenvalue weighted by molar-refractivity contribution is 7.27. The summed E-state index contributed by atoms with van der Waals surface area (Å²) < 4.78 is 9.50. The Morgan fingerprint density at radius 2 is 1.68 bits per heavy atom. The molecule has 1 aromatic rings. The van der Waals surface area contributed by atoms with Gasteiger partial charge in [-0.05, 0) is 50.9 Å². The molecule has 8 heteroatoms. The van der Waals surface area contributed by atoms with Crippen LogP contribution in [0, 0.1) is 5.92 Å². The van der Waals surface area contributed by atoms with Crippen molar-refractivity contribution in [2.24, 2.45) is 11.0 Å². The van der Waals surface area contributed by atoms with E-state index in [4.69, 9.17) is 0 Å².